The van der Waals surface area contributed by atoms with Gasteiger partial charge in [-0.1, -0.05) is 26.8 Å². The quantitative estimate of drug-likeness (QED) is 0.854. The third kappa shape index (κ3) is 2.94. The largest absolute Gasteiger partial charge is 0.398 e. The van der Waals surface area contributed by atoms with Crippen LogP contribution in [0.4, 0.5) is 5.69 Å². The maximum atomic E-state index is 13.0. The first-order chi connectivity index (χ1) is 9.55. The highest BCUT2D eigenvalue weighted by molar-refractivity contribution is 7.89. The second-order valence-electron chi connectivity index (χ2n) is 7.14. The Bertz CT molecular complexity index is 645. The van der Waals surface area contributed by atoms with Gasteiger partial charge in [0.15, 0.2) is 0 Å². The van der Waals surface area contributed by atoms with Gasteiger partial charge in [0.05, 0.1) is 4.90 Å². The molecular weight excluding hydrogens is 284 g/mol. The molecule has 0 aliphatic carbocycles. The fourth-order valence-electron chi connectivity index (χ4n) is 3.02. The third-order valence-electron chi connectivity index (χ3n) is 4.62. The van der Waals surface area contributed by atoms with Gasteiger partial charge in [-0.25, -0.2) is 8.42 Å². The zero-order valence-corrected chi connectivity index (χ0v) is 14.4. The van der Waals surface area contributed by atoms with Crippen LogP contribution >= 0.6 is 0 Å². The van der Waals surface area contributed by atoms with Crippen molar-refractivity contribution in [2.45, 2.75) is 45.9 Å². The van der Waals surface area contributed by atoms with Crippen molar-refractivity contribution in [2.75, 3.05) is 18.8 Å². The zero-order chi connectivity index (χ0) is 16.0. The minimum Gasteiger partial charge on any atom is -0.398 e. The number of nitrogens with two attached hydrogens (primary N) is 1. The van der Waals surface area contributed by atoms with Crippen molar-refractivity contribution in [3.05, 3.63) is 23.3 Å². The molecule has 0 spiro atoms. The molecule has 2 N–H and O–H groups in total. The fraction of sp³-hybridized carbons (Fsp3) is 0.625. The van der Waals surface area contributed by atoms with E-state index in [9.17, 15) is 8.42 Å². The van der Waals surface area contributed by atoms with Crippen LogP contribution in [0.3, 0.4) is 0 Å². The Kier molecular flexibility index (Phi) is 4.10. The van der Waals surface area contributed by atoms with Gasteiger partial charge in [-0.3, -0.25) is 0 Å². The smallest absolute Gasteiger partial charge is 0.243 e. The molecule has 1 atom stereocenters. The summed E-state index contributed by atoms with van der Waals surface area (Å²) in [4.78, 5) is 0.386. The molecule has 0 amide bonds. The number of hydrogen-bond acceptors (Lipinski definition) is 3. The van der Waals surface area contributed by atoms with Crippen LogP contribution in [0.1, 0.15) is 38.3 Å². The molecule has 21 heavy (non-hydrogen) atoms. The summed E-state index contributed by atoms with van der Waals surface area (Å²) in [6.45, 7) is 11.3. The number of nitrogen functional groups attached to an aromatic ring is 1. The van der Waals surface area contributed by atoms with Crippen LogP contribution in [0.2, 0.25) is 0 Å². The predicted octanol–water partition coefficient (Wildman–Crippen LogP) is 2.94. The molecule has 4 nitrogen and oxygen atoms in total. The Morgan fingerprint density at radius 3 is 2.38 bits per heavy atom. The molecule has 0 saturated carbocycles. The number of anilines is 1. The summed E-state index contributed by atoms with van der Waals surface area (Å²) in [6.07, 6.45) is 0.920. The van der Waals surface area contributed by atoms with Gasteiger partial charge < -0.3 is 5.73 Å². The second kappa shape index (κ2) is 5.29. The summed E-state index contributed by atoms with van der Waals surface area (Å²) in [7, 11) is -3.46. The minimum absolute atomic E-state index is 0.129. The van der Waals surface area contributed by atoms with Crippen LogP contribution in [0.5, 0.6) is 0 Å². The van der Waals surface area contributed by atoms with E-state index in [1.54, 1.807) is 23.4 Å². The van der Waals surface area contributed by atoms with E-state index >= 15 is 0 Å². The monoisotopic (exact) mass is 310 g/mol. The van der Waals surface area contributed by atoms with E-state index in [1.165, 1.54) is 0 Å². The Morgan fingerprint density at radius 1 is 1.24 bits per heavy atom. The normalized spacial score (nSPS) is 20.9. The van der Waals surface area contributed by atoms with E-state index in [2.05, 4.69) is 20.8 Å². The number of hydrogen-bond donors (Lipinski definition) is 1. The molecule has 1 aliphatic heterocycles. The molecule has 1 aromatic carbocycles. The van der Waals surface area contributed by atoms with Gasteiger partial charge in [0.25, 0.3) is 0 Å². The molecule has 1 fully saturated rings. The molecule has 2 rings (SSSR count). The van der Waals surface area contributed by atoms with Gasteiger partial charge in [0.2, 0.25) is 10.0 Å². The standard InChI is InChI=1S/C16H26N2O2S/c1-11-6-7-14(17)12(2)15(11)21(19,20)18-9-8-13(10-18)16(3,4)5/h6-7,13H,8-10,17H2,1-5H3. The van der Waals surface area contributed by atoms with E-state index in [-0.39, 0.29) is 5.41 Å². The Balaban J connectivity index is 2.39. The first-order valence-electron chi connectivity index (χ1n) is 7.41. The summed E-state index contributed by atoms with van der Waals surface area (Å²) >= 11 is 0. The summed E-state index contributed by atoms with van der Waals surface area (Å²) in [5, 5.41) is 0. The van der Waals surface area contributed by atoms with E-state index in [0.717, 1.165) is 12.0 Å². The molecule has 118 valence electrons. The topological polar surface area (TPSA) is 63.4 Å². The predicted molar refractivity (Wildman–Crippen MR) is 86.6 cm³/mol. The summed E-state index contributed by atoms with van der Waals surface area (Å²) < 4.78 is 27.6. The highest BCUT2D eigenvalue weighted by atomic mass is 32.2. The Morgan fingerprint density at radius 2 is 1.86 bits per heavy atom. The molecule has 0 bridgehead atoms. The zero-order valence-electron chi connectivity index (χ0n) is 13.6. The first-order valence-corrected chi connectivity index (χ1v) is 8.85. The average Bonchev–Trinajstić information content (AvgIpc) is 2.84. The molecule has 1 heterocycles. The van der Waals surface area contributed by atoms with Crippen molar-refractivity contribution >= 4 is 15.7 Å². The van der Waals surface area contributed by atoms with Crippen LogP contribution < -0.4 is 5.73 Å². The van der Waals surface area contributed by atoms with Gasteiger partial charge in [0, 0.05) is 18.8 Å². The molecule has 1 saturated heterocycles. The lowest BCUT2D eigenvalue weighted by atomic mass is 9.80. The lowest BCUT2D eigenvalue weighted by Gasteiger charge is -2.27. The minimum atomic E-state index is -3.46. The molecule has 1 aromatic rings. The van der Waals surface area contributed by atoms with Crippen LogP contribution in [0.15, 0.2) is 17.0 Å². The van der Waals surface area contributed by atoms with Crippen molar-refractivity contribution in [1.82, 2.24) is 4.31 Å². The molecule has 0 aromatic heterocycles. The average molecular weight is 310 g/mol. The SMILES string of the molecule is Cc1ccc(N)c(C)c1S(=O)(=O)N1CCC(C(C)(C)C)C1. The molecule has 5 heteroatoms. The maximum Gasteiger partial charge on any atom is 0.243 e. The molecular formula is C16H26N2O2S. The lowest BCUT2D eigenvalue weighted by Crippen LogP contribution is -2.32. The number of benzene rings is 1. The van der Waals surface area contributed by atoms with Crippen LogP contribution in [-0.4, -0.2) is 25.8 Å². The molecule has 0 radical (unpaired) electrons. The van der Waals surface area contributed by atoms with Crippen LogP contribution in [0, 0.1) is 25.2 Å². The van der Waals surface area contributed by atoms with Crippen molar-refractivity contribution in [2.24, 2.45) is 11.3 Å². The summed E-state index contributed by atoms with van der Waals surface area (Å²) in [5.41, 5.74) is 7.99. The van der Waals surface area contributed by atoms with Gasteiger partial charge in [-0.2, -0.15) is 4.31 Å². The number of sulfonamides is 1. The Labute approximate surface area is 128 Å². The number of rotatable bonds is 2. The highest BCUT2D eigenvalue weighted by Crippen LogP contribution is 2.37. The summed E-state index contributed by atoms with van der Waals surface area (Å²) in [6, 6.07) is 3.55. The van der Waals surface area contributed by atoms with Gasteiger partial charge in [-0.05, 0) is 48.8 Å². The van der Waals surface area contributed by atoms with Gasteiger partial charge in [-0.15, -0.1) is 0 Å². The van der Waals surface area contributed by atoms with E-state index in [4.69, 9.17) is 5.73 Å². The van der Waals surface area contributed by atoms with Crippen molar-refractivity contribution < 1.29 is 8.42 Å². The highest BCUT2D eigenvalue weighted by Gasteiger charge is 2.38. The van der Waals surface area contributed by atoms with Crippen LogP contribution in [-0.2, 0) is 10.0 Å². The van der Waals surface area contributed by atoms with Gasteiger partial charge in [0.1, 0.15) is 0 Å². The van der Waals surface area contributed by atoms with E-state index in [1.807, 2.05) is 6.92 Å². The third-order valence-corrected chi connectivity index (χ3v) is 6.77. The van der Waals surface area contributed by atoms with Gasteiger partial charge >= 0.3 is 0 Å². The first kappa shape index (κ1) is 16.3. The van der Waals surface area contributed by atoms with E-state index in [0.29, 0.717) is 35.2 Å². The molecule has 1 aliphatic rings. The number of nitrogens with zero attached hydrogens (tertiary/aromatic N) is 1. The second-order valence-corrected chi connectivity index (χ2v) is 9.02. The van der Waals surface area contributed by atoms with Crippen molar-refractivity contribution in [1.29, 1.82) is 0 Å². The lowest BCUT2D eigenvalue weighted by molar-refractivity contribution is 0.252. The fourth-order valence-corrected chi connectivity index (χ4v) is 4.98. The van der Waals surface area contributed by atoms with Crippen molar-refractivity contribution in [3.8, 4) is 0 Å². The van der Waals surface area contributed by atoms with Crippen LogP contribution in [0.25, 0.3) is 0 Å². The van der Waals surface area contributed by atoms with Crippen molar-refractivity contribution in [3.63, 3.8) is 0 Å². The number of aryl methyl sites for hydroxylation is 1. The van der Waals surface area contributed by atoms with E-state index < -0.39 is 10.0 Å². The maximum absolute atomic E-state index is 13.0. The molecule has 1 unspecified atom stereocenters. The Hall–Kier alpha value is -1.07. The summed E-state index contributed by atoms with van der Waals surface area (Å²) in [5.74, 6) is 0.397.